The van der Waals surface area contributed by atoms with Crippen LogP contribution in [0.2, 0.25) is 0 Å². The third-order valence-electron chi connectivity index (χ3n) is 3.64. The Kier molecular flexibility index (Phi) is 3.02. The lowest BCUT2D eigenvalue weighted by molar-refractivity contribution is -0.136. The smallest absolute Gasteiger partial charge is 0.417 e. The molecule has 4 aromatic heterocycles. The van der Waals surface area contributed by atoms with E-state index in [1.54, 1.807) is 6.07 Å². The lowest BCUT2D eigenvalue weighted by Gasteiger charge is -2.13. The van der Waals surface area contributed by atoms with Gasteiger partial charge in [0.1, 0.15) is 23.1 Å². The third kappa shape index (κ3) is 2.28. The number of fused-ring (bicyclic) bond motifs is 3. The van der Waals surface area contributed by atoms with Crippen LogP contribution in [0.1, 0.15) is 16.8 Å². The number of nitriles is 1. The second-order valence-corrected chi connectivity index (χ2v) is 5.28. The maximum absolute atomic E-state index is 13.4. The van der Waals surface area contributed by atoms with Crippen molar-refractivity contribution >= 4 is 16.7 Å². The summed E-state index contributed by atoms with van der Waals surface area (Å²) in [4.78, 5) is 8.42. The minimum Gasteiger partial charge on any atom is -0.422 e. The van der Waals surface area contributed by atoms with Crippen LogP contribution in [0.15, 0.2) is 29.1 Å². The quantitative estimate of drug-likeness (QED) is 0.527. The fourth-order valence-corrected chi connectivity index (χ4v) is 2.66. The van der Waals surface area contributed by atoms with E-state index in [0.717, 1.165) is 12.5 Å². The van der Waals surface area contributed by atoms with Crippen molar-refractivity contribution in [2.24, 2.45) is 0 Å². The first-order valence-corrected chi connectivity index (χ1v) is 6.96. The number of hydrogen-bond acceptors (Lipinski definition) is 6. The molecule has 0 amide bonds. The highest BCUT2D eigenvalue weighted by Crippen LogP contribution is 2.37. The first-order chi connectivity index (χ1) is 11.9. The van der Waals surface area contributed by atoms with Crippen molar-refractivity contribution in [2.45, 2.75) is 13.1 Å². The van der Waals surface area contributed by atoms with E-state index in [2.05, 4.69) is 20.2 Å². The van der Waals surface area contributed by atoms with Crippen molar-refractivity contribution in [3.63, 3.8) is 0 Å². The highest BCUT2D eigenvalue weighted by atomic mass is 19.4. The molecule has 0 aromatic carbocycles. The SMILES string of the molecule is Cc1cc(C(F)(F)F)c2c(C#N)cc3nc(-c4nnco4)cn3c2n1. The third-order valence-corrected chi connectivity index (χ3v) is 3.64. The van der Waals surface area contributed by atoms with E-state index < -0.39 is 11.7 Å². The van der Waals surface area contributed by atoms with Crippen LogP contribution in [0.5, 0.6) is 0 Å². The number of halogens is 3. The molecule has 0 bridgehead atoms. The van der Waals surface area contributed by atoms with Crippen molar-refractivity contribution in [1.82, 2.24) is 24.6 Å². The minimum atomic E-state index is -4.62. The number of rotatable bonds is 1. The molecule has 0 saturated heterocycles. The van der Waals surface area contributed by atoms with Crippen molar-refractivity contribution in [1.29, 1.82) is 5.26 Å². The first-order valence-electron chi connectivity index (χ1n) is 6.96. The Bertz CT molecular complexity index is 1150. The van der Waals surface area contributed by atoms with Gasteiger partial charge in [-0.3, -0.25) is 4.40 Å². The molecule has 124 valence electrons. The summed E-state index contributed by atoms with van der Waals surface area (Å²) in [7, 11) is 0. The Morgan fingerprint density at radius 1 is 1.24 bits per heavy atom. The fourth-order valence-electron chi connectivity index (χ4n) is 2.66. The Morgan fingerprint density at radius 2 is 2.04 bits per heavy atom. The molecule has 0 saturated carbocycles. The van der Waals surface area contributed by atoms with Crippen LogP contribution in [0.4, 0.5) is 13.2 Å². The van der Waals surface area contributed by atoms with Gasteiger partial charge >= 0.3 is 6.18 Å². The molecule has 0 radical (unpaired) electrons. The van der Waals surface area contributed by atoms with Crippen LogP contribution in [-0.4, -0.2) is 24.6 Å². The molecule has 10 heteroatoms. The number of hydrogen-bond donors (Lipinski definition) is 0. The summed E-state index contributed by atoms with van der Waals surface area (Å²) < 4.78 is 46.8. The van der Waals surface area contributed by atoms with E-state index >= 15 is 0 Å². The molecular formula is C15H7F3N6O. The van der Waals surface area contributed by atoms with E-state index in [-0.39, 0.29) is 39.5 Å². The zero-order valence-corrected chi connectivity index (χ0v) is 12.5. The lowest BCUT2D eigenvalue weighted by atomic mass is 10.1. The topological polar surface area (TPSA) is 92.9 Å². The first kappa shape index (κ1) is 15.1. The second-order valence-electron chi connectivity index (χ2n) is 5.28. The van der Waals surface area contributed by atoms with Crippen molar-refractivity contribution in [3.8, 4) is 17.7 Å². The van der Waals surface area contributed by atoms with Crippen molar-refractivity contribution in [2.75, 3.05) is 0 Å². The van der Waals surface area contributed by atoms with Crippen LogP contribution in [0.3, 0.4) is 0 Å². The molecule has 4 heterocycles. The van der Waals surface area contributed by atoms with Gasteiger partial charge in [-0.2, -0.15) is 18.4 Å². The highest BCUT2D eigenvalue weighted by molar-refractivity contribution is 5.89. The second kappa shape index (κ2) is 5.01. The number of imidazole rings is 1. The number of alkyl halides is 3. The maximum atomic E-state index is 13.4. The molecule has 0 atom stereocenters. The fraction of sp³-hybridized carbons (Fsp3) is 0.133. The van der Waals surface area contributed by atoms with Gasteiger partial charge in [0.25, 0.3) is 5.89 Å². The number of nitrogens with zero attached hydrogens (tertiary/aromatic N) is 6. The monoisotopic (exact) mass is 344 g/mol. The average molecular weight is 344 g/mol. The van der Waals surface area contributed by atoms with Gasteiger partial charge in [0.2, 0.25) is 6.39 Å². The summed E-state index contributed by atoms with van der Waals surface area (Å²) in [6, 6.07) is 3.99. The average Bonchev–Trinajstić information content (AvgIpc) is 3.21. The maximum Gasteiger partial charge on any atom is 0.417 e. The van der Waals surface area contributed by atoms with Gasteiger partial charge in [0.15, 0.2) is 0 Å². The molecule has 7 nitrogen and oxygen atoms in total. The molecule has 4 rings (SSSR count). The Balaban J connectivity index is 2.17. The molecular weight excluding hydrogens is 337 g/mol. The van der Waals surface area contributed by atoms with Gasteiger partial charge in [-0.25, -0.2) is 9.97 Å². The van der Waals surface area contributed by atoms with Gasteiger partial charge in [0.05, 0.1) is 11.1 Å². The van der Waals surface area contributed by atoms with E-state index in [0.29, 0.717) is 0 Å². The normalized spacial score (nSPS) is 12.0. The predicted molar refractivity (Wildman–Crippen MR) is 78.2 cm³/mol. The van der Waals surface area contributed by atoms with E-state index in [1.807, 2.05) is 0 Å². The van der Waals surface area contributed by atoms with Crippen LogP contribution in [0, 0.1) is 18.3 Å². The molecule has 0 N–H and O–H groups in total. The van der Waals surface area contributed by atoms with Crippen LogP contribution < -0.4 is 0 Å². The summed E-state index contributed by atoms with van der Waals surface area (Å²) in [6.45, 7) is 1.45. The standard InChI is InChI=1S/C15H7F3N6O/c1-7-2-9(15(16,17)18)12-8(4-19)3-11-22-10(14-23-20-6-25-14)5-24(11)13(12)21-7/h2-3,5-6H,1H3. The molecule has 0 aliphatic rings. The zero-order chi connectivity index (χ0) is 17.8. The largest absolute Gasteiger partial charge is 0.422 e. The number of aryl methyl sites for hydroxylation is 1. The van der Waals surface area contributed by atoms with Gasteiger partial charge in [0, 0.05) is 17.3 Å². The van der Waals surface area contributed by atoms with E-state index in [9.17, 15) is 18.4 Å². The zero-order valence-electron chi connectivity index (χ0n) is 12.5. The van der Waals surface area contributed by atoms with Gasteiger partial charge < -0.3 is 4.42 Å². The number of pyridine rings is 2. The summed E-state index contributed by atoms with van der Waals surface area (Å²) in [5.41, 5.74) is -0.399. The summed E-state index contributed by atoms with van der Waals surface area (Å²) in [5.74, 6) is 0.110. The summed E-state index contributed by atoms with van der Waals surface area (Å²) in [5, 5.41) is 16.3. The van der Waals surface area contributed by atoms with Crippen LogP contribution in [-0.2, 0) is 6.18 Å². The number of aromatic nitrogens is 5. The van der Waals surface area contributed by atoms with Crippen molar-refractivity contribution in [3.05, 3.63) is 41.5 Å². The molecule has 0 aliphatic carbocycles. The molecule has 0 unspecified atom stereocenters. The Hall–Kier alpha value is -3.48. The lowest BCUT2D eigenvalue weighted by Crippen LogP contribution is -2.09. The molecule has 0 spiro atoms. The highest BCUT2D eigenvalue weighted by Gasteiger charge is 2.35. The van der Waals surface area contributed by atoms with Crippen molar-refractivity contribution < 1.29 is 17.6 Å². The van der Waals surface area contributed by atoms with E-state index in [1.165, 1.54) is 23.6 Å². The van der Waals surface area contributed by atoms with Gasteiger partial charge in [-0.1, -0.05) is 0 Å². The van der Waals surface area contributed by atoms with E-state index in [4.69, 9.17) is 4.42 Å². The molecule has 4 aromatic rings. The summed E-state index contributed by atoms with van der Waals surface area (Å²) >= 11 is 0. The van der Waals surface area contributed by atoms with Crippen LogP contribution >= 0.6 is 0 Å². The molecule has 0 fully saturated rings. The minimum absolute atomic E-state index is 0.0142. The Morgan fingerprint density at radius 3 is 2.68 bits per heavy atom. The van der Waals surface area contributed by atoms with Crippen LogP contribution in [0.25, 0.3) is 28.3 Å². The molecule has 0 aliphatic heterocycles. The predicted octanol–water partition coefficient (Wildman–Crippen LogP) is 3.13. The van der Waals surface area contributed by atoms with Gasteiger partial charge in [-0.05, 0) is 19.1 Å². The van der Waals surface area contributed by atoms with Gasteiger partial charge in [-0.15, -0.1) is 10.2 Å². The summed E-state index contributed by atoms with van der Waals surface area (Å²) in [6.07, 6.45) is -2.07. The molecule has 25 heavy (non-hydrogen) atoms. The Labute approximate surface area is 137 Å².